The summed E-state index contributed by atoms with van der Waals surface area (Å²) < 4.78 is 30.8. The quantitative estimate of drug-likeness (QED) is 0.642. The zero-order valence-corrected chi connectivity index (χ0v) is 16.9. The van der Waals surface area contributed by atoms with Crippen LogP contribution in [0.4, 0.5) is 5.69 Å². The smallest absolute Gasteiger partial charge is 0.265 e. The Morgan fingerprint density at radius 1 is 1.07 bits per heavy atom. The minimum absolute atomic E-state index is 0.106. The predicted octanol–water partition coefficient (Wildman–Crippen LogP) is 4.80. The molecule has 27 heavy (non-hydrogen) atoms. The van der Waals surface area contributed by atoms with Crippen LogP contribution in [0, 0.1) is 6.92 Å². The lowest BCUT2D eigenvalue weighted by molar-refractivity contribution is 0.103. The van der Waals surface area contributed by atoms with Crippen LogP contribution >= 0.6 is 22.9 Å². The molecule has 0 unspecified atom stereocenters. The molecule has 2 aromatic carbocycles. The van der Waals surface area contributed by atoms with Crippen molar-refractivity contribution in [2.45, 2.75) is 16.0 Å². The van der Waals surface area contributed by atoms with Gasteiger partial charge in [-0.25, -0.2) is 8.42 Å². The van der Waals surface area contributed by atoms with Crippen molar-refractivity contribution < 1.29 is 17.9 Å². The van der Waals surface area contributed by atoms with Gasteiger partial charge in [0.05, 0.1) is 22.6 Å². The summed E-state index contributed by atoms with van der Waals surface area (Å²) in [6.45, 7) is 1.88. The van der Waals surface area contributed by atoms with E-state index in [0.717, 1.165) is 16.9 Å². The largest absolute Gasteiger partial charge is 0.495 e. The van der Waals surface area contributed by atoms with Crippen molar-refractivity contribution in [3.05, 3.63) is 70.1 Å². The van der Waals surface area contributed by atoms with E-state index < -0.39 is 15.7 Å². The minimum Gasteiger partial charge on any atom is -0.495 e. The average molecular weight is 422 g/mol. The summed E-state index contributed by atoms with van der Waals surface area (Å²) in [6.07, 6.45) is 0. The number of thiophene rings is 1. The molecule has 0 aliphatic heterocycles. The van der Waals surface area contributed by atoms with Gasteiger partial charge in [0, 0.05) is 5.02 Å². The Morgan fingerprint density at radius 3 is 2.44 bits per heavy atom. The first-order valence-electron chi connectivity index (χ1n) is 7.88. The van der Waals surface area contributed by atoms with Crippen molar-refractivity contribution in [3.63, 3.8) is 0 Å². The molecule has 1 aromatic heterocycles. The Kier molecular flexibility index (Phi) is 5.55. The van der Waals surface area contributed by atoms with Crippen LogP contribution in [-0.4, -0.2) is 21.4 Å². The number of anilines is 1. The van der Waals surface area contributed by atoms with E-state index >= 15 is 0 Å². The summed E-state index contributed by atoms with van der Waals surface area (Å²) in [5.74, 6) is 0.0164. The second kappa shape index (κ2) is 7.72. The Hall–Kier alpha value is -2.35. The molecule has 0 fully saturated rings. The van der Waals surface area contributed by atoms with E-state index in [0.29, 0.717) is 16.5 Å². The first kappa shape index (κ1) is 19.4. The number of ether oxygens (including phenoxy) is 1. The number of benzene rings is 2. The van der Waals surface area contributed by atoms with Crippen LogP contribution in [0.25, 0.3) is 0 Å². The molecule has 8 heteroatoms. The van der Waals surface area contributed by atoms with Crippen LogP contribution in [-0.2, 0) is 9.84 Å². The molecule has 3 aromatic rings. The molecule has 0 spiro atoms. The first-order chi connectivity index (χ1) is 12.8. The molecule has 0 saturated carbocycles. The topological polar surface area (TPSA) is 72.5 Å². The van der Waals surface area contributed by atoms with E-state index in [1.807, 2.05) is 6.92 Å². The number of nitrogens with one attached hydrogen (secondary N) is 1. The molecular weight excluding hydrogens is 406 g/mol. The number of sulfone groups is 1. The van der Waals surface area contributed by atoms with Crippen LogP contribution in [0.15, 0.2) is 63.7 Å². The Morgan fingerprint density at radius 2 is 1.78 bits per heavy atom. The zero-order valence-electron chi connectivity index (χ0n) is 14.5. The van der Waals surface area contributed by atoms with Crippen LogP contribution in [0.2, 0.25) is 5.02 Å². The van der Waals surface area contributed by atoms with Crippen molar-refractivity contribution in [2.24, 2.45) is 0 Å². The lowest BCUT2D eigenvalue weighted by Crippen LogP contribution is -2.11. The highest BCUT2D eigenvalue weighted by Crippen LogP contribution is 2.31. The van der Waals surface area contributed by atoms with E-state index in [2.05, 4.69) is 5.32 Å². The molecule has 0 saturated heterocycles. The normalized spacial score (nSPS) is 11.2. The number of aryl methyl sites for hydroxylation is 1. The lowest BCUT2D eigenvalue weighted by atomic mass is 10.2. The molecule has 0 aliphatic carbocycles. The minimum atomic E-state index is -3.67. The number of hydrogen-bond acceptors (Lipinski definition) is 5. The summed E-state index contributed by atoms with van der Waals surface area (Å²) >= 11 is 6.87. The third-order valence-electron chi connectivity index (χ3n) is 3.81. The van der Waals surface area contributed by atoms with E-state index in [1.165, 1.54) is 19.2 Å². The van der Waals surface area contributed by atoms with E-state index in [-0.39, 0.29) is 14.0 Å². The van der Waals surface area contributed by atoms with Crippen molar-refractivity contribution in [3.8, 4) is 5.75 Å². The van der Waals surface area contributed by atoms with E-state index in [9.17, 15) is 13.2 Å². The molecule has 0 aliphatic rings. The number of carbonyl (C=O) groups is 1. The lowest BCUT2D eigenvalue weighted by Gasteiger charge is -2.09. The number of amides is 1. The SMILES string of the molecule is COc1ccc(Cl)cc1NC(=O)c1ccc(S(=O)(=O)c2ccc(C)cc2)s1. The molecule has 1 N–H and O–H groups in total. The van der Waals surface area contributed by atoms with Gasteiger partial charge in [-0.2, -0.15) is 0 Å². The summed E-state index contributed by atoms with van der Waals surface area (Å²) in [6, 6.07) is 14.4. The van der Waals surface area contributed by atoms with Gasteiger partial charge in [-0.05, 0) is 49.4 Å². The molecule has 3 rings (SSSR count). The van der Waals surface area contributed by atoms with E-state index in [4.69, 9.17) is 16.3 Å². The highest BCUT2D eigenvalue weighted by Gasteiger charge is 2.22. The first-order valence-corrected chi connectivity index (χ1v) is 10.6. The monoisotopic (exact) mass is 421 g/mol. The zero-order chi connectivity index (χ0) is 19.6. The molecule has 5 nitrogen and oxygen atoms in total. The summed E-state index contributed by atoms with van der Waals surface area (Å²) in [5.41, 5.74) is 1.38. The molecule has 1 heterocycles. The number of methoxy groups -OCH3 is 1. The van der Waals surface area contributed by atoms with Gasteiger partial charge >= 0.3 is 0 Å². The fraction of sp³-hybridized carbons (Fsp3) is 0.105. The highest BCUT2D eigenvalue weighted by atomic mass is 35.5. The third kappa shape index (κ3) is 4.16. The van der Waals surface area contributed by atoms with Gasteiger partial charge in [0.1, 0.15) is 9.96 Å². The Bertz CT molecular complexity index is 1090. The highest BCUT2D eigenvalue weighted by molar-refractivity contribution is 7.93. The Labute approximate surface area is 166 Å². The van der Waals surface area contributed by atoms with Gasteiger partial charge in [0.25, 0.3) is 5.91 Å². The summed E-state index contributed by atoms with van der Waals surface area (Å²) in [5, 5.41) is 3.14. The van der Waals surface area contributed by atoms with Crippen LogP contribution in [0.3, 0.4) is 0 Å². The predicted molar refractivity (Wildman–Crippen MR) is 107 cm³/mol. The van der Waals surface area contributed by atoms with Gasteiger partial charge in [0.2, 0.25) is 9.84 Å². The van der Waals surface area contributed by atoms with Crippen LogP contribution in [0.1, 0.15) is 15.2 Å². The van der Waals surface area contributed by atoms with Crippen LogP contribution in [0.5, 0.6) is 5.75 Å². The number of halogens is 1. The van der Waals surface area contributed by atoms with Crippen molar-refractivity contribution in [1.82, 2.24) is 0 Å². The molecule has 0 bridgehead atoms. The van der Waals surface area contributed by atoms with Gasteiger partial charge in [-0.1, -0.05) is 29.3 Å². The number of carbonyl (C=O) groups excluding carboxylic acids is 1. The van der Waals surface area contributed by atoms with Crippen molar-refractivity contribution in [1.29, 1.82) is 0 Å². The standard InChI is InChI=1S/C19H16ClNO4S2/c1-12-3-6-14(7-4-12)27(23,24)18-10-9-17(26-18)19(22)21-15-11-13(20)5-8-16(15)25-2/h3-11H,1-2H3,(H,21,22). The molecule has 0 atom stereocenters. The number of rotatable bonds is 5. The third-order valence-corrected chi connectivity index (χ3v) is 7.39. The van der Waals surface area contributed by atoms with Crippen molar-refractivity contribution >= 4 is 44.4 Å². The van der Waals surface area contributed by atoms with Crippen molar-refractivity contribution in [2.75, 3.05) is 12.4 Å². The second-order valence-corrected chi connectivity index (χ2v) is 9.43. The van der Waals surface area contributed by atoms with Crippen LogP contribution < -0.4 is 10.1 Å². The van der Waals surface area contributed by atoms with Gasteiger partial charge in [-0.3, -0.25) is 4.79 Å². The van der Waals surface area contributed by atoms with Gasteiger partial charge in [0.15, 0.2) is 0 Å². The maximum atomic E-state index is 12.7. The fourth-order valence-electron chi connectivity index (χ4n) is 2.38. The summed E-state index contributed by atoms with van der Waals surface area (Å²) in [7, 11) is -2.19. The molecule has 140 valence electrons. The molecular formula is C19H16ClNO4S2. The molecule has 0 radical (unpaired) electrons. The molecule has 1 amide bonds. The van der Waals surface area contributed by atoms with E-state index in [1.54, 1.807) is 42.5 Å². The maximum Gasteiger partial charge on any atom is 0.265 e. The maximum absolute atomic E-state index is 12.7. The fourth-order valence-corrected chi connectivity index (χ4v) is 5.16. The second-order valence-electron chi connectivity index (χ2n) is 5.73. The van der Waals surface area contributed by atoms with Gasteiger partial charge < -0.3 is 10.1 Å². The van der Waals surface area contributed by atoms with Gasteiger partial charge in [-0.15, -0.1) is 11.3 Å². The number of hydrogen-bond donors (Lipinski definition) is 1. The summed E-state index contributed by atoms with van der Waals surface area (Å²) in [4.78, 5) is 13.0. The Balaban J connectivity index is 1.86. The average Bonchev–Trinajstić information content (AvgIpc) is 3.13.